The van der Waals surface area contributed by atoms with Crippen molar-refractivity contribution in [2.75, 3.05) is 20.2 Å². The van der Waals surface area contributed by atoms with Crippen molar-refractivity contribution in [2.24, 2.45) is 5.92 Å². The van der Waals surface area contributed by atoms with Crippen LogP contribution in [0.1, 0.15) is 18.4 Å². The lowest BCUT2D eigenvalue weighted by Crippen LogP contribution is -2.38. The Bertz CT molecular complexity index is 607. The van der Waals surface area contributed by atoms with E-state index in [9.17, 15) is 4.79 Å². The first-order valence-corrected chi connectivity index (χ1v) is 7.91. The van der Waals surface area contributed by atoms with Crippen LogP contribution in [0.25, 0.3) is 10.1 Å². The van der Waals surface area contributed by atoms with Gasteiger partial charge < -0.3 is 4.74 Å². The predicted molar refractivity (Wildman–Crippen MR) is 81.8 cm³/mol. The summed E-state index contributed by atoms with van der Waals surface area (Å²) >= 11 is 1.80. The molecule has 1 aliphatic rings. The minimum Gasteiger partial charge on any atom is -0.469 e. The van der Waals surface area contributed by atoms with Crippen molar-refractivity contribution in [1.29, 1.82) is 0 Å². The number of methoxy groups -OCH3 is 1. The lowest BCUT2D eigenvalue weighted by Gasteiger charge is -2.31. The summed E-state index contributed by atoms with van der Waals surface area (Å²) in [5.74, 6) is -0.0245. The number of benzene rings is 1. The molecule has 0 N–H and O–H groups in total. The largest absolute Gasteiger partial charge is 0.469 e. The van der Waals surface area contributed by atoms with Gasteiger partial charge in [-0.3, -0.25) is 9.69 Å². The molecule has 1 aromatic carbocycles. The standard InChI is InChI=1S/C16H19NO2S/c1-19-16(18)12-5-4-8-17(9-12)10-13-11-20-15-7-3-2-6-14(13)15/h2-3,6-7,11-12H,4-5,8-10H2,1H3. The molecule has 2 aromatic rings. The van der Waals surface area contributed by atoms with Gasteiger partial charge in [0, 0.05) is 17.8 Å². The van der Waals surface area contributed by atoms with Crippen LogP contribution >= 0.6 is 11.3 Å². The molecule has 0 radical (unpaired) electrons. The maximum Gasteiger partial charge on any atom is 0.309 e. The highest BCUT2D eigenvalue weighted by molar-refractivity contribution is 7.17. The molecule has 3 rings (SSSR count). The van der Waals surface area contributed by atoms with Gasteiger partial charge in [0.05, 0.1) is 13.0 Å². The van der Waals surface area contributed by atoms with Gasteiger partial charge in [0.15, 0.2) is 0 Å². The second-order valence-electron chi connectivity index (χ2n) is 5.35. The second-order valence-corrected chi connectivity index (χ2v) is 6.27. The van der Waals surface area contributed by atoms with Gasteiger partial charge >= 0.3 is 5.97 Å². The molecule has 3 nitrogen and oxygen atoms in total. The lowest BCUT2D eigenvalue weighted by atomic mass is 9.98. The number of ether oxygens (including phenoxy) is 1. The van der Waals surface area contributed by atoms with Crippen molar-refractivity contribution in [3.05, 3.63) is 35.2 Å². The molecule has 1 saturated heterocycles. The Kier molecular flexibility index (Phi) is 4.03. The number of fused-ring (bicyclic) bond motifs is 1. The normalized spacial score (nSPS) is 20.1. The minimum absolute atomic E-state index is 0.0404. The summed E-state index contributed by atoms with van der Waals surface area (Å²) in [4.78, 5) is 14.1. The van der Waals surface area contributed by atoms with Crippen LogP contribution in [-0.2, 0) is 16.1 Å². The number of carbonyl (C=O) groups is 1. The first-order chi connectivity index (χ1) is 9.78. The third-order valence-corrected chi connectivity index (χ3v) is 5.01. The predicted octanol–water partition coefficient (Wildman–Crippen LogP) is 3.29. The molecule has 1 atom stereocenters. The van der Waals surface area contributed by atoms with Crippen LogP contribution in [0.5, 0.6) is 0 Å². The van der Waals surface area contributed by atoms with E-state index in [0.29, 0.717) is 0 Å². The van der Waals surface area contributed by atoms with Crippen LogP contribution in [0.4, 0.5) is 0 Å². The summed E-state index contributed by atoms with van der Waals surface area (Å²) in [5, 5.41) is 3.59. The number of esters is 1. The molecule has 4 heteroatoms. The molecule has 1 unspecified atom stereocenters. The number of hydrogen-bond donors (Lipinski definition) is 0. The molecule has 0 spiro atoms. The van der Waals surface area contributed by atoms with E-state index in [1.807, 2.05) is 0 Å². The van der Waals surface area contributed by atoms with E-state index in [0.717, 1.165) is 32.5 Å². The molecule has 0 bridgehead atoms. The highest BCUT2D eigenvalue weighted by atomic mass is 32.1. The minimum atomic E-state index is -0.0649. The Hall–Kier alpha value is -1.39. The summed E-state index contributed by atoms with van der Waals surface area (Å²) in [6.07, 6.45) is 2.02. The van der Waals surface area contributed by atoms with Crippen molar-refractivity contribution in [2.45, 2.75) is 19.4 Å². The monoisotopic (exact) mass is 289 g/mol. The number of likely N-dealkylation sites (tertiary alicyclic amines) is 1. The summed E-state index contributed by atoms with van der Waals surface area (Å²) in [5.41, 5.74) is 1.37. The maximum atomic E-state index is 11.7. The third kappa shape index (κ3) is 2.72. The van der Waals surface area contributed by atoms with Crippen molar-refractivity contribution in [3.63, 3.8) is 0 Å². The van der Waals surface area contributed by atoms with E-state index in [2.05, 4.69) is 34.5 Å². The summed E-state index contributed by atoms with van der Waals surface area (Å²) in [7, 11) is 1.48. The number of piperidine rings is 1. The van der Waals surface area contributed by atoms with Crippen LogP contribution in [-0.4, -0.2) is 31.1 Å². The first-order valence-electron chi connectivity index (χ1n) is 7.03. The number of hydrogen-bond acceptors (Lipinski definition) is 4. The van der Waals surface area contributed by atoms with E-state index >= 15 is 0 Å². The summed E-state index contributed by atoms with van der Waals surface area (Å²) in [6.45, 7) is 2.81. The van der Waals surface area contributed by atoms with Gasteiger partial charge in [-0.15, -0.1) is 11.3 Å². The van der Waals surface area contributed by atoms with Crippen molar-refractivity contribution in [3.8, 4) is 0 Å². The fraction of sp³-hybridized carbons (Fsp3) is 0.438. The Morgan fingerprint density at radius 1 is 1.45 bits per heavy atom. The van der Waals surface area contributed by atoms with Gasteiger partial charge in [-0.1, -0.05) is 18.2 Å². The number of nitrogens with zero attached hydrogens (tertiary/aromatic N) is 1. The number of rotatable bonds is 3. The van der Waals surface area contributed by atoms with Gasteiger partial charge in [0.2, 0.25) is 0 Å². The molecule has 2 heterocycles. The highest BCUT2D eigenvalue weighted by Crippen LogP contribution is 2.28. The van der Waals surface area contributed by atoms with E-state index in [1.54, 1.807) is 11.3 Å². The van der Waals surface area contributed by atoms with Gasteiger partial charge in [-0.05, 0) is 41.8 Å². The lowest BCUT2D eigenvalue weighted by molar-refractivity contribution is -0.147. The van der Waals surface area contributed by atoms with Crippen LogP contribution in [0.15, 0.2) is 29.6 Å². The van der Waals surface area contributed by atoms with Crippen molar-refractivity contribution in [1.82, 2.24) is 4.90 Å². The molecule has 1 aliphatic heterocycles. The number of thiophene rings is 1. The SMILES string of the molecule is COC(=O)C1CCCN(Cc2csc3ccccc23)C1. The molecule has 1 fully saturated rings. The Labute approximate surface area is 123 Å². The third-order valence-electron chi connectivity index (χ3n) is 4.00. The Balaban J connectivity index is 1.72. The van der Waals surface area contributed by atoms with E-state index < -0.39 is 0 Å². The van der Waals surface area contributed by atoms with Crippen LogP contribution in [0.3, 0.4) is 0 Å². The Morgan fingerprint density at radius 3 is 3.15 bits per heavy atom. The zero-order valence-corrected chi connectivity index (χ0v) is 12.5. The quantitative estimate of drug-likeness (QED) is 0.812. The van der Waals surface area contributed by atoms with Gasteiger partial charge in [0.25, 0.3) is 0 Å². The Morgan fingerprint density at radius 2 is 2.30 bits per heavy atom. The van der Waals surface area contributed by atoms with E-state index in [4.69, 9.17) is 4.74 Å². The van der Waals surface area contributed by atoms with Crippen molar-refractivity contribution >= 4 is 27.4 Å². The number of carbonyl (C=O) groups excluding carboxylic acids is 1. The van der Waals surface area contributed by atoms with Crippen LogP contribution in [0, 0.1) is 5.92 Å². The van der Waals surface area contributed by atoms with E-state index in [-0.39, 0.29) is 11.9 Å². The van der Waals surface area contributed by atoms with Gasteiger partial charge in [-0.2, -0.15) is 0 Å². The highest BCUT2D eigenvalue weighted by Gasteiger charge is 2.26. The molecular formula is C16H19NO2S. The van der Waals surface area contributed by atoms with E-state index in [1.165, 1.54) is 22.8 Å². The topological polar surface area (TPSA) is 29.5 Å². The molecule has 0 saturated carbocycles. The molecular weight excluding hydrogens is 270 g/mol. The molecule has 0 amide bonds. The molecule has 1 aromatic heterocycles. The summed E-state index contributed by atoms with van der Waals surface area (Å²) < 4.78 is 6.22. The fourth-order valence-electron chi connectivity index (χ4n) is 2.95. The first kappa shape index (κ1) is 13.6. The average Bonchev–Trinajstić information content (AvgIpc) is 2.90. The average molecular weight is 289 g/mol. The summed E-state index contributed by atoms with van der Waals surface area (Å²) in [6, 6.07) is 8.52. The molecule has 0 aliphatic carbocycles. The van der Waals surface area contributed by atoms with Crippen LogP contribution in [0.2, 0.25) is 0 Å². The van der Waals surface area contributed by atoms with Gasteiger partial charge in [0.1, 0.15) is 0 Å². The molecule has 106 valence electrons. The van der Waals surface area contributed by atoms with Crippen LogP contribution < -0.4 is 0 Å². The fourth-order valence-corrected chi connectivity index (χ4v) is 3.91. The zero-order valence-electron chi connectivity index (χ0n) is 11.7. The molecule has 20 heavy (non-hydrogen) atoms. The zero-order chi connectivity index (χ0) is 13.9. The van der Waals surface area contributed by atoms with Gasteiger partial charge in [-0.25, -0.2) is 0 Å². The maximum absolute atomic E-state index is 11.7. The second kappa shape index (κ2) is 5.94. The smallest absolute Gasteiger partial charge is 0.309 e. The van der Waals surface area contributed by atoms with Crippen molar-refractivity contribution < 1.29 is 9.53 Å².